The van der Waals surface area contributed by atoms with Crippen molar-refractivity contribution in [1.82, 2.24) is 0 Å². The van der Waals surface area contributed by atoms with Crippen molar-refractivity contribution in [2.24, 2.45) is 0 Å². The second-order valence-electron chi connectivity index (χ2n) is 15.9. The van der Waals surface area contributed by atoms with Gasteiger partial charge in [0.15, 0.2) is 0 Å². The number of carbonyl (C=O) groups is 2. The van der Waals surface area contributed by atoms with E-state index in [0.717, 1.165) is 44.9 Å². The van der Waals surface area contributed by atoms with E-state index in [1.54, 1.807) is 0 Å². The molecule has 17 heteroatoms. The molecular weight excluding hydrogens is 866 g/mol. The molecule has 15 nitrogen and oxygen atoms in total. The lowest BCUT2D eigenvalue weighted by molar-refractivity contribution is -0.148. The zero-order chi connectivity index (χ0) is 47.4. The first-order valence-electron chi connectivity index (χ1n) is 23.7. The van der Waals surface area contributed by atoms with Crippen LogP contribution in [0.15, 0.2) is 60.8 Å². The number of ether oxygens (including phenoxy) is 2. The Balaban J connectivity index is 3.92. The van der Waals surface area contributed by atoms with E-state index in [1.807, 2.05) is 54.7 Å². The van der Waals surface area contributed by atoms with Gasteiger partial charge in [-0.3, -0.25) is 27.7 Å². The molecule has 0 bridgehead atoms. The predicted molar refractivity (Wildman–Crippen MR) is 251 cm³/mol. The van der Waals surface area contributed by atoms with Gasteiger partial charge in [0.1, 0.15) is 31.5 Å². The first-order chi connectivity index (χ1) is 30.8. The first kappa shape index (κ1) is 61.7. The van der Waals surface area contributed by atoms with E-state index >= 15 is 0 Å². The van der Waals surface area contributed by atoms with Gasteiger partial charge in [-0.2, -0.15) is 0 Å². The highest BCUT2D eigenvalue weighted by Crippen LogP contribution is 2.45. The number of hydrogen-bond donors (Lipinski definition) is 5. The van der Waals surface area contributed by atoms with E-state index in [9.17, 15) is 43.8 Å². The zero-order valence-electron chi connectivity index (χ0n) is 38.9. The summed E-state index contributed by atoms with van der Waals surface area (Å²) in [5, 5.41) is 30.0. The number of aliphatic hydroxyl groups is 3. The maximum Gasteiger partial charge on any atom is 0.472 e. The highest BCUT2D eigenvalue weighted by Gasteiger charge is 2.28. The minimum atomic E-state index is -4.80. The Labute approximate surface area is 384 Å². The molecule has 0 saturated carbocycles. The summed E-state index contributed by atoms with van der Waals surface area (Å²) in [5.74, 6) is -1.03. The fraction of sp³-hybridized carbons (Fsp3) is 0.745. The Hall–Kier alpha value is -2.26. The van der Waals surface area contributed by atoms with E-state index in [-0.39, 0.29) is 12.8 Å². The molecule has 0 aliphatic heterocycles. The summed E-state index contributed by atoms with van der Waals surface area (Å²) < 4.78 is 52.9. The molecule has 5 N–H and O–H groups in total. The minimum Gasteiger partial charge on any atom is -0.463 e. The Bertz CT molecular complexity index is 1380. The maximum absolute atomic E-state index is 12.2. The second-order valence-corrected chi connectivity index (χ2v) is 18.8. The predicted octanol–water partition coefficient (Wildman–Crippen LogP) is 10.6. The van der Waals surface area contributed by atoms with E-state index in [1.165, 1.54) is 83.5 Å². The van der Waals surface area contributed by atoms with Crippen molar-refractivity contribution < 1.29 is 71.4 Å². The largest absolute Gasteiger partial charge is 0.472 e. The second kappa shape index (κ2) is 43.3. The lowest BCUT2D eigenvalue weighted by Crippen LogP contribution is -2.25. The van der Waals surface area contributed by atoms with Crippen LogP contribution >= 0.6 is 15.6 Å². The number of phosphoric ester groups is 2. The average Bonchev–Trinajstić information content (AvgIpc) is 3.27. The number of aliphatic hydroxyl groups excluding tert-OH is 3. The molecular formula is C47H84O15P2. The van der Waals surface area contributed by atoms with Gasteiger partial charge in [-0.05, 0) is 32.1 Å². The van der Waals surface area contributed by atoms with Crippen LogP contribution in [0.1, 0.15) is 168 Å². The molecule has 0 spiro atoms. The number of hydrogen-bond acceptors (Lipinski definition) is 13. The summed E-state index contributed by atoms with van der Waals surface area (Å²) in [6.45, 7) is 0.226. The number of unbranched alkanes of at least 4 members (excludes halogenated alkanes) is 19. The number of rotatable bonds is 45. The number of esters is 2. The van der Waals surface area contributed by atoms with Crippen LogP contribution < -0.4 is 0 Å². The monoisotopic (exact) mass is 951 g/mol. The number of carbonyl (C=O) groups excluding carboxylic acids is 2. The molecule has 64 heavy (non-hydrogen) atoms. The van der Waals surface area contributed by atoms with Gasteiger partial charge in [-0.1, -0.05) is 184 Å². The first-order valence-corrected chi connectivity index (χ1v) is 26.7. The summed E-state index contributed by atoms with van der Waals surface area (Å²) in [7, 11) is -9.58. The SMILES string of the molecule is CC/C=C/C=C/C=C\C=C/C=C/CCCCCC(=O)OCC(O)COP(=O)(O)OCC(O)COP(=O)(O)OCC(O)COC(=O)CCCCCCCCCCCCCCCCCCC. The summed E-state index contributed by atoms with van der Waals surface area (Å²) in [6.07, 6.45) is 40.7. The molecule has 0 amide bonds. The zero-order valence-corrected chi connectivity index (χ0v) is 40.7. The topological polar surface area (TPSA) is 225 Å². The van der Waals surface area contributed by atoms with Crippen molar-refractivity contribution >= 4 is 27.6 Å². The van der Waals surface area contributed by atoms with Gasteiger partial charge in [0.25, 0.3) is 0 Å². The third-order valence-electron chi connectivity index (χ3n) is 9.62. The third-order valence-corrected chi connectivity index (χ3v) is 11.5. The summed E-state index contributed by atoms with van der Waals surface area (Å²) in [5.41, 5.74) is 0. The van der Waals surface area contributed by atoms with Crippen LogP contribution in [0.2, 0.25) is 0 Å². The molecule has 5 atom stereocenters. The molecule has 0 aromatic heterocycles. The number of allylic oxidation sites excluding steroid dienone is 10. The maximum atomic E-state index is 12.2. The van der Waals surface area contributed by atoms with Crippen LogP contribution in [-0.2, 0) is 46.3 Å². The molecule has 0 aliphatic rings. The van der Waals surface area contributed by atoms with Gasteiger partial charge in [0, 0.05) is 12.8 Å². The van der Waals surface area contributed by atoms with Crippen LogP contribution in [0.5, 0.6) is 0 Å². The highest BCUT2D eigenvalue weighted by atomic mass is 31.2. The van der Waals surface area contributed by atoms with Crippen LogP contribution in [0.4, 0.5) is 0 Å². The van der Waals surface area contributed by atoms with Crippen LogP contribution in [0.3, 0.4) is 0 Å². The van der Waals surface area contributed by atoms with Crippen LogP contribution in [-0.4, -0.2) is 95.0 Å². The van der Waals surface area contributed by atoms with Crippen molar-refractivity contribution in [2.45, 2.75) is 186 Å². The van der Waals surface area contributed by atoms with Gasteiger partial charge < -0.3 is 34.6 Å². The van der Waals surface area contributed by atoms with E-state index in [4.69, 9.17) is 9.47 Å². The molecule has 0 aromatic carbocycles. The normalized spacial score (nSPS) is 15.7. The molecule has 0 aromatic rings. The van der Waals surface area contributed by atoms with Crippen molar-refractivity contribution in [2.75, 3.05) is 39.6 Å². The molecule has 0 saturated heterocycles. The molecule has 0 heterocycles. The number of phosphoric acid groups is 2. The quantitative estimate of drug-likeness (QED) is 0.0166. The smallest absolute Gasteiger partial charge is 0.463 e. The van der Waals surface area contributed by atoms with E-state index in [0.29, 0.717) is 12.8 Å². The molecule has 0 radical (unpaired) electrons. The summed E-state index contributed by atoms with van der Waals surface area (Å²) >= 11 is 0. The Kier molecular flexibility index (Phi) is 41.8. The van der Waals surface area contributed by atoms with Gasteiger partial charge in [0.05, 0.1) is 26.4 Å². The highest BCUT2D eigenvalue weighted by molar-refractivity contribution is 7.47. The lowest BCUT2D eigenvalue weighted by atomic mass is 10.0. The Morgan fingerprint density at radius 1 is 0.422 bits per heavy atom. The lowest BCUT2D eigenvalue weighted by Gasteiger charge is -2.19. The van der Waals surface area contributed by atoms with Gasteiger partial charge >= 0.3 is 27.6 Å². The molecule has 0 aliphatic carbocycles. The minimum absolute atomic E-state index is 0.145. The van der Waals surface area contributed by atoms with Crippen LogP contribution in [0, 0.1) is 0 Å². The summed E-state index contributed by atoms with van der Waals surface area (Å²) in [4.78, 5) is 43.7. The molecule has 0 fully saturated rings. The fourth-order valence-electron chi connectivity index (χ4n) is 5.94. The van der Waals surface area contributed by atoms with Crippen molar-refractivity contribution in [3.63, 3.8) is 0 Å². The van der Waals surface area contributed by atoms with Crippen molar-refractivity contribution in [3.8, 4) is 0 Å². The van der Waals surface area contributed by atoms with Gasteiger partial charge in [-0.15, -0.1) is 0 Å². The van der Waals surface area contributed by atoms with Crippen molar-refractivity contribution in [3.05, 3.63) is 60.8 Å². The van der Waals surface area contributed by atoms with E-state index < -0.39 is 85.5 Å². The fourth-order valence-corrected chi connectivity index (χ4v) is 7.53. The Morgan fingerprint density at radius 2 is 0.719 bits per heavy atom. The molecule has 0 rings (SSSR count). The van der Waals surface area contributed by atoms with E-state index in [2.05, 4.69) is 38.0 Å². The summed E-state index contributed by atoms with van der Waals surface area (Å²) in [6, 6.07) is 0. The molecule has 372 valence electrons. The van der Waals surface area contributed by atoms with Crippen molar-refractivity contribution in [1.29, 1.82) is 0 Å². The standard InChI is InChI=1S/C47H84O15P2/c1-3-5-7-9-11-13-15-17-19-20-22-24-26-28-30-32-34-36-47(52)58-38-44(49)40-60-64(55,56)62-42-45(50)41-61-63(53,54)59-39-43(48)37-57-46(51)35-33-31-29-27-25-23-21-18-16-14-12-10-8-6-4-2/h6,8,10,12,14,16,18,21,23,25,43-45,48-50H,3-5,7,9,11,13,15,17,19-20,22,24,26-42H2,1-2H3,(H,53,54)(H,55,56)/b8-6+,12-10+,16-14-,21-18-,25-23+. The molecule has 5 unspecified atom stereocenters. The third kappa shape index (κ3) is 44.9. The van der Waals surface area contributed by atoms with Gasteiger partial charge in [-0.25, -0.2) is 9.13 Å². The van der Waals surface area contributed by atoms with Crippen LogP contribution in [0.25, 0.3) is 0 Å². The van der Waals surface area contributed by atoms with Gasteiger partial charge in [0.2, 0.25) is 0 Å². The average molecular weight is 951 g/mol. The Morgan fingerprint density at radius 3 is 1.08 bits per heavy atom.